The van der Waals surface area contributed by atoms with Crippen molar-refractivity contribution in [2.45, 2.75) is 72.3 Å². The summed E-state index contributed by atoms with van der Waals surface area (Å²) in [6, 6.07) is 27.9. The van der Waals surface area contributed by atoms with E-state index in [0.29, 0.717) is 87.9 Å². The first-order chi connectivity index (χ1) is 32.7. The largest absolute Gasteiger partial charge is 0.381 e. The van der Waals surface area contributed by atoms with E-state index in [9.17, 15) is 14.4 Å². The minimum absolute atomic E-state index is 0.0445. The van der Waals surface area contributed by atoms with Crippen LogP contribution in [0.4, 0.5) is 0 Å². The Morgan fingerprint density at radius 3 is 2.18 bits per heavy atom. The number of rotatable bonds is 16. The van der Waals surface area contributed by atoms with Gasteiger partial charge < -0.3 is 9.64 Å². The normalized spacial score (nSPS) is 16.4. The Hall–Kier alpha value is -5.20. The molecule has 0 bridgehead atoms. The van der Waals surface area contributed by atoms with E-state index in [1.54, 1.807) is 40.5 Å². The first kappa shape index (κ1) is 49.2. The fraction of sp³-hybridized carbons (Fsp3) is 0.296. The fourth-order valence-corrected chi connectivity index (χ4v) is 10.5. The maximum Gasteiger partial charge on any atom is 0.226 e. The van der Waals surface area contributed by atoms with E-state index in [0.717, 1.165) is 49.9 Å². The Morgan fingerprint density at radius 2 is 1.49 bits per heavy atom. The first-order valence-corrected chi connectivity index (χ1v) is 25.0. The minimum atomic E-state index is -0.526. The molecule has 2 atom stereocenters. The highest BCUT2D eigenvalue weighted by Crippen LogP contribution is 2.40. The molecular weight excluding hydrogens is 957 g/mol. The number of benzene rings is 4. The Labute approximate surface area is 421 Å². The topological polar surface area (TPSA) is 107 Å². The van der Waals surface area contributed by atoms with Gasteiger partial charge in [-0.15, -0.1) is 21.5 Å². The van der Waals surface area contributed by atoms with Gasteiger partial charge in [-0.2, -0.15) is 0 Å². The molecule has 4 heterocycles. The van der Waals surface area contributed by atoms with Crippen LogP contribution >= 0.6 is 57.7 Å². The highest BCUT2D eigenvalue weighted by atomic mass is 35.5. The Bertz CT molecular complexity index is 2880. The molecule has 0 saturated carbocycles. The van der Waals surface area contributed by atoms with Crippen molar-refractivity contribution in [3.8, 4) is 5.00 Å². The number of thiophene rings is 1. The van der Waals surface area contributed by atoms with Crippen LogP contribution in [0.3, 0.4) is 0 Å². The average Bonchev–Trinajstić information content (AvgIpc) is 3.80. The lowest BCUT2D eigenvalue weighted by Crippen LogP contribution is -2.45. The molecule has 0 unspecified atom stereocenters. The van der Waals surface area contributed by atoms with Gasteiger partial charge >= 0.3 is 0 Å². The predicted octanol–water partition coefficient (Wildman–Crippen LogP) is 13.0. The first-order valence-electron chi connectivity index (χ1n) is 22.7. The van der Waals surface area contributed by atoms with E-state index < -0.39 is 6.04 Å². The van der Waals surface area contributed by atoms with Crippen LogP contribution in [0.15, 0.2) is 107 Å². The number of amides is 1. The second-order valence-electron chi connectivity index (χ2n) is 17.4. The van der Waals surface area contributed by atoms with Crippen LogP contribution in [0.5, 0.6) is 0 Å². The number of hydrogen-bond donors (Lipinski definition) is 0. The zero-order valence-electron chi connectivity index (χ0n) is 38.3. The minimum Gasteiger partial charge on any atom is -0.381 e. The number of piperidine rings is 1. The number of aliphatic imine (C=N–C) groups is 1. The monoisotopic (exact) mass is 1010 g/mol. The fourth-order valence-electron chi connectivity index (χ4n) is 8.78. The summed E-state index contributed by atoms with van der Waals surface area (Å²) >= 11 is 26.9. The summed E-state index contributed by atoms with van der Waals surface area (Å²) in [5.74, 6) is 0.899. The standard InChI is InChI=1S/C54H51Cl4N5O4S/c1-32-24-37(14-20-45(32)56)26-41-30-62(31-42(51(41)65)27-38-15-21-46(57)47(58)28-38)53(66)40(25-36-10-6-5-7-11-36)12-8-22-67-23-9-13-44(64)29-48-52-61-60-35(4)63(52)54-49(33(2)34(3)68-54)50(59-48)39-16-18-43(55)19-17-39/h5-7,10-11,14-21,24,26-28,40,48H,8-9,12-13,22-23,25,29-31H2,1-4H3/b41-26+,42-27+/t40-,48-/m0/s1. The van der Waals surface area contributed by atoms with Crippen molar-refractivity contribution < 1.29 is 19.1 Å². The number of ether oxygens (including phenoxy) is 1. The molecule has 1 amide bonds. The van der Waals surface area contributed by atoms with Crippen LogP contribution in [0, 0.1) is 33.6 Å². The van der Waals surface area contributed by atoms with E-state index in [2.05, 4.69) is 28.6 Å². The number of nitrogens with zero attached hydrogens (tertiary/aromatic N) is 5. The predicted molar refractivity (Wildman–Crippen MR) is 276 cm³/mol. The molecule has 0 aliphatic carbocycles. The summed E-state index contributed by atoms with van der Waals surface area (Å²) in [5.41, 5.74) is 8.33. The second-order valence-corrected chi connectivity index (χ2v) is 20.3. The van der Waals surface area contributed by atoms with E-state index in [1.165, 1.54) is 4.88 Å². The molecule has 68 heavy (non-hydrogen) atoms. The van der Waals surface area contributed by atoms with Gasteiger partial charge in [-0.1, -0.05) is 107 Å². The molecule has 350 valence electrons. The van der Waals surface area contributed by atoms with Crippen LogP contribution < -0.4 is 0 Å². The number of carbonyl (C=O) groups is 3. The van der Waals surface area contributed by atoms with Crippen LogP contribution in [0.25, 0.3) is 17.2 Å². The molecule has 14 heteroatoms. The van der Waals surface area contributed by atoms with Gasteiger partial charge in [-0.3, -0.25) is 23.9 Å². The molecule has 0 spiro atoms. The number of likely N-dealkylation sites (tertiary alicyclic amines) is 1. The summed E-state index contributed by atoms with van der Waals surface area (Å²) in [6.07, 6.45) is 6.39. The number of Topliss-reactive ketones (excluding diaryl/α,β-unsaturated/α-hetero) is 2. The number of ketones is 2. The number of fused-ring (bicyclic) bond motifs is 3. The van der Waals surface area contributed by atoms with E-state index in [-0.39, 0.29) is 42.9 Å². The van der Waals surface area contributed by atoms with Gasteiger partial charge in [0.1, 0.15) is 22.7 Å². The van der Waals surface area contributed by atoms with E-state index in [4.69, 9.17) is 56.1 Å². The summed E-state index contributed by atoms with van der Waals surface area (Å²) in [7, 11) is 0. The molecular formula is C54H51Cl4N5O4S. The third-order valence-electron chi connectivity index (χ3n) is 12.5. The van der Waals surface area contributed by atoms with E-state index in [1.807, 2.05) is 92.7 Å². The molecule has 0 N–H and O–H groups in total. The third-order valence-corrected chi connectivity index (χ3v) is 15.1. The molecule has 2 aliphatic heterocycles. The molecule has 2 aliphatic rings. The number of aryl methyl sites for hydroxylation is 3. The highest BCUT2D eigenvalue weighted by molar-refractivity contribution is 7.15. The van der Waals surface area contributed by atoms with Gasteiger partial charge in [-0.25, -0.2) is 0 Å². The summed E-state index contributed by atoms with van der Waals surface area (Å²) in [4.78, 5) is 50.7. The van der Waals surface area contributed by atoms with E-state index >= 15 is 0 Å². The maximum absolute atomic E-state index is 14.7. The third kappa shape index (κ3) is 11.5. The van der Waals surface area contributed by atoms with Gasteiger partial charge in [0.25, 0.3) is 0 Å². The van der Waals surface area contributed by atoms with Crippen LogP contribution in [0.1, 0.15) is 93.6 Å². The van der Waals surface area contributed by atoms with Crippen LogP contribution in [0.2, 0.25) is 20.1 Å². The van der Waals surface area contributed by atoms with Crippen molar-refractivity contribution >= 4 is 93.1 Å². The molecule has 6 aromatic rings. The lowest BCUT2D eigenvalue weighted by Gasteiger charge is -2.33. The Morgan fingerprint density at radius 1 is 0.809 bits per heavy atom. The zero-order chi connectivity index (χ0) is 48.1. The van der Waals surface area contributed by atoms with Crippen molar-refractivity contribution in [2.75, 3.05) is 26.3 Å². The molecule has 8 rings (SSSR count). The van der Waals surface area contributed by atoms with Gasteiger partial charge in [-0.05, 0) is 124 Å². The molecule has 4 aromatic carbocycles. The molecule has 1 saturated heterocycles. The molecule has 0 radical (unpaired) electrons. The Kier molecular flexibility index (Phi) is 16.0. The maximum atomic E-state index is 14.7. The molecule has 2 aromatic heterocycles. The summed E-state index contributed by atoms with van der Waals surface area (Å²) in [6.45, 7) is 9.18. The van der Waals surface area contributed by atoms with Gasteiger partial charge in [0.2, 0.25) is 5.91 Å². The van der Waals surface area contributed by atoms with Gasteiger partial charge in [0.15, 0.2) is 11.6 Å². The van der Waals surface area contributed by atoms with Crippen molar-refractivity contribution in [3.63, 3.8) is 0 Å². The Balaban J connectivity index is 0.923. The van der Waals surface area contributed by atoms with Crippen LogP contribution in [-0.2, 0) is 25.5 Å². The average molecular weight is 1010 g/mol. The van der Waals surface area contributed by atoms with Crippen molar-refractivity contribution in [2.24, 2.45) is 10.9 Å². The highest BCUT2D eigenvalue weighted by Gasteiger charge is 2.34. The molecule has 9 nitrogen and oxygen atoms in total. The molecule has 1 fully saturated rings. The number of carbonyl (C=O) groups excluding carboxylic acids is 3. The van der Waals surface area contributed by atoms with Gasteiger partial charge in [0.05, 0.1) is 15.8 Å². The second kappa shape index (κ2) is 22.0. The summed E-state index contributed by atoms with van der Waals surface area (Å²) < 4.78 is 8.16. The number of halogens is 4. The quantitative estimate of drug-likeness (QED) is 0.0706. The van der Waals surface area contributed by atoms with Crippen molar-refractivity contribution in [3.05, 3.63) is 178 Å². The smallest absolute Gasteiger partial charge is 0.226 e. The summed E-state index contributed by atoms with van der Waals surface area (Å²) in [5, 5.41) is 12.0. The lowest BCUT2D eigenvalue weighted by atomic mass is 9.90. The number of hydrogen-bond acceptors (Lipinski definition) is 8. The SMILES string of the molecule is Cc1cc(/C=C2\CN(C(=O)[C@@H](CCCOCCCC(=O)C[C@@H]3N=C(c4ccc(Cl)cc4)c4c(sc(C)c4C)-n4c(C)nnc43)Cc3ccccc3)C/C(=C\c3ccc(Cl)c(Cl)c3)C2=O)ccc1Cl. The van der Waals surface area contributed by atoms with Crippen LogP contribution in [-0.4, -0.2) is 69.2 Å². The number of aromatic nitrogens is 3. The van der Waals surface area contributed by atoms with Crippen molar-refractivity contribution in [1.82, 2.24) is 19.7 Å². The van der Waals surface area contributed by atoms with Gasteiger partial charge in [0, 0.05) is 82.3 Å². The van der Waals surface area contributed by atoms with Crippen molar-refractivity contribution in [1.29, 1.82) is 0 Å². The zero-order valence-corrected chi connectivity index (χ0v) is 42.2. The lowest BCUT2D eigenvalue weighted by molar-refractivity contribution is -0.136.